The first-order valence-electron chi connectivity index (χ1n) is 6.00. The van der Waals surface area contributed by atoms with E-state index in [2.05, 4.69) is 16.9 Å². The number of halogens is 3. The molecule has 0 atom stereocenters. The zero-order chi connectivity index (χ0) is 14.8. The summed E-state index contributed by atoms with van der Waals surface area (Å²) in [6, 6.07) is 3.65. The van der Waals surface area contributed by atoms with Gasteiger partial charge in [0.15, 0.2) is 0 Å². The van der Waals surface area contributed by atoms with Crippen LogP contribution in [0.15, 0.2) is 43.2 Å². The third-order valence-electron chi connectivity index (χ3n) is 2.84. The quantitative estimate of drug-likeness (QED) is 0.864. The van der Waals surface area contributed by atoms with Crippen LogP contribution in [0.4, 0.5) is 19.1 Å². The first kappa shape index (κ1) is 14.2. The van der Waals surface area contributed by atoms with E-state index < -0.39 is 11.7 Å². The van der Waals surface area contributed by atoms with Crippen LogP contribution >= 0.6 is 0 Å². The second-order valence-electron chi connectivity index (χ2n) is 4.29. The van der Waals surface area contributed by atoms with Crippen LogP contribution < -0.4 is 5.32 Å². The molecule has 6 heteroatoms. The summed E-state index contributed by atoms with van der Waals surface area (Å²) in [7, 11) is 0. The van der Waals surface area contributed by atoms with Gasteiger partial charge in [-0.2, -0.15) is 13.2 Å². The average Bonchev–Trinajstić information content (AvgIpc) is 2.83. The van der Waals surface area contributed by atoms with Crippen molar-refractivity contribution in [2.45, 2.75) is 13.1 Å². The molecule has 0 aliphatic rings. The maximum atomic E-state index is 12.8. The number of hydrogen-bond donors (Lipinski definition) is 1. The highest BCUT2D eigenvalue weighted by atomic mass is 19.4. The summed E-state index contributed by atoms with van der Waals surface area (Å²) in [5, 5.41) is 2.98. The molecule has 0 saturated carbocycles. The first-order valence-corrected chi connectivity index (χ1v) is 6.00. The number of hydrogen-bond acceptors (Lipinski definition) is 2. The van der Waals surface area contributed by atoms with E-state index in [4.69, 9.17) is 0 Å². The molecule has 2 aromatic rings. The van der Waals surface area contributed by atoms with Gasteiger partial charge in [0.1, 0.15) is 0 Å². The fourth-order valence-corrected chi connectivity index (χ4v) is 1.84. The topological polar surface area (TPSA) is 29.9 Å². The summed E-state index contributed by atoms with van der Waals surface area (Å²) >= 11 is 0. The van der Waals surface area contributed by atoms with Gasteiger partial charge in [0, 0.05) is 18.9 Å². The first-order chi connectivity index (χ1) is 9.43. The molecule has 2 rings (SSSR count). The Morgan fingerprint density at radius 3 is 2.80 bits per heavy atom. The van der Waals surface area contributed by atoms with Crippen molar-refractivity contribution in [3.05, 3.63) is 54.4 Å². The van der Waals surface area contributed by atoms with Crippen LogP contribution in [0.3, 0.4) is 0 Å². The van der Waals surface area contributed by atoms with Crippen molar-refractivity contribution in [1.82, 2.24) is 9.55 Å². The van der Waals surface area contributed by atoms with E-state index in [-0.39, 0.29) is 0 Å². The molecule has 20 heavy (non-hydrogen) atoms. The Kier molecular flexibility index (Phi) is 3.83. The largest absolute Gasteiger partial charge is 0.416 e. The van der Waals surface area contributed by atoms with Crippen LogP contribution in [0.25, 0.3) is 5.69 Å². The molecule has 0 unspecified atom stereocenters. The van der Waals surface area contributed by atoms with E-state index >= 15 is 0 Å². The van der Waals surface area contributed by atoms with Gasteiger partial charge in [0.05, 0.1) is 11.3 Å². The molecule has 1 heterocycles. The fourth-order valence-electron chi connectivity index (χ4n) is 1.84. The molecule has 1 aromatic heterocycles. The molecule has 0 spiro atoms. The van der Waals surface area contributed by atoms with Crippen LogP contribution in [-0.4, -0.2) is 16.1 Å². The number of nitrogens with zero attached hydrogens (tertiary/aromatic N) is 2. The van der Waals surface area contributed by atoms with E-state index in [0.29, 0.717) is 18.2 Å². The monoisotopic (exact) mass is 281 g/mol. The molecule has 1 aromatic carbocycles. The van der Waals surface area contributed by atoms with Crippen LogP contribution in [0.1, 0.15) is 11.1 Å². The Hall–Kier alpha value is -2.24. The zero-order valence-electron chi connectivity index (χ0n) is 10.9. The SMILES string of the molecule is C=CCNc1nccn1-c1cc(C(F)(F)F)ccc1C. The predicted octanol–water partition coefficient (Wildman–Crippen LogP) is 3.80. The Morgan fingerprint density at radius 1 is 1.40 bits per heavy atom. The minimum atomic E-state index is -4.36. The molecule has 0 amide bonds. The number of rotatable bonds is 4. The van der Waals surface area contributed by atoms with Gasteiger partial charge >= 0.3 is 6.18 Å². The number of benzene rings is 1. The van der Waals surface area contributed by atoms with Gasteiger partial charge in [-0.3, -0.25) is 4.57 Å². The lowest BCUT2D eigenvalue weighted by atomic mass is 10.1. The number of imidazole rings is 1. The van der Waals surface area contributed by atoms with E-state index in [1.165, 1.54) is 12.3 Å². The molecular formula is C14H14F3N3. The maximum absolute atomic E-state index is 12.8. The standard InChI is InChI=1S/C14H14F3N3/c1-3-6-18-13-19-7-8-20(13)12-9-11(14(15,16)17)5-4-10(12)2/h3-5,7-9H,1,6H2,2H3,(H,18,19). The molecule has 1 N–H and O–H groups in total. The zero-order valence-corrected chi connectivity index (χ0v) is 10.9. The van der Waals surface area contributed by atoms with E-state index in [9.17, 15) is 13.2 Å². The molecule has 0 bridgehead atoms. The molecule has 0 saturated heterocycles. The smallest absolute Gasteiger partial charge is 0.352 e. The third kappa shape index (κ3) is 2.84. The second kappa shape index (κ2) is 5.40. The van der Waals surface area contributed by atoms with Crippen molar-refractivity contribution in [2.24, 2.45) is 0 Å². The van der Waals surface area contributed by atoms with Crippen molar-refractivity contribution in [3.63, 3.8) is 0 Å². The summed E-state index contributed by atoms with van der Waals surface area (Å²) in [6.07, 6.45) is 0.439. The lowest BCUT2D eigenvalue weighted by Gasteiger charge is -2.14. The number of aromatic nitrogens is 2. The lowest BCUT2D eigenvalue weighted by Crippen LogP contribution is -2.09. The summed E-state index contributed by atoms with van der Waals surface area (Å²) < 4.78 is 40.0. The summed E-state index contributed by atoms with van der Waals surface area (Å²) in [5.41, 5.74) is 0.503. The van der Waals surface area contributed by atoms with Gasteiger partial charge < -0.3 is 5.32 Å². The summed E-state index contributed by atoms with van der Waals surface area (Å²) in [6.45, 7) is 5.82. The summed E-state index contributed by atoms with van der Waals surface area (Å²) in [5.74, 6) is 0.479. The molecule has 3 nitrogen and oxygen atoms in total. The van der Waals surface area contributed by atoms with Crippen LogP contribution in [0.2, 0.25) is 0 Å². The number of anilines is 1. The normalized spacial score (nSPS) is 11.4. The van der Waals surface area contributed by atoms with Crippen LogP contribution in [0, 0.1) is 6.92 Å². The van der Waals surface area contributed by atoms with Crippen molar-refractivity contribution >= 4 is 5.95 Å². The predicted molar refractivity (Wildman–Crippen MR) is 72.0 cm³/mol. The third-order valence-corrected chi connectivity index (χ3v) is 2.84. The van der Waals surface area contributed by atoms with Gasteiger partial charge in [0.25, 0.3) is 0 Å². The molecule has 0 fully saturated rings. The fraction of sp³-hybridized carbons (Fsp3) is 0.214. The van der Waals surface area contributed by atoms with Gasteiger partial charge in [-0.05, 0) is 24.6 Å². The highest BCUT2D eigenvalue weighted by Gasteiger charge is 2.31. The number of alkyl halides is 3. The molecular weight excluding hydrogens is 267 g/mol. The molecule has 0 radical (unpaired) electrons. The van der Waals surface area contributed by atoms with E-state index in [1.54, 1.807) is 23.8 Å². The molecule has 0 aliphatic heterocycles. The van der Waals surface area contributed by atoms with Gasteiger partial charge in [-0.25, -0.2) is 4.98 Å². The maximum Gasteiger partial charge on any atom is 0.416 e. The Balaban J connectivity index is 2.47. The Bertz CT molecular complexity index is 614. The van der Waals surface area contributed by atoms with Crippen LogP contribution in [0.5, 0.6) is 0 Å². The van der Waals surface area contributed by atoms with Crippen molar-refractivity contribution < 1.29 is 13.2 Å². The van der Waals surface area contributed by atoms with Gasteiger partial charge in [0.2, 0.25) is 5.95 Å². The van der Waals surface area contributed by atoms with Crippen molar-refractivity contribution in [3.8, 4) is 5.69 Å². The van der Waals surface area contributed by atoms with Crippen molar-refractivity contribution in [1.29, 1.82) is 0 Å². The minimum Gasteiger partial charge on any atom is -0.352 e. The van der Waals surface area contributed by atoms with E-state index in [0.717, 1.165) is 17.7 Å². The van der Waals surface area contributed by atoms with Gasteiger partial charge in [-0.15, -0.1) is 6.58 Å². The lowest BCUT2D eigenvalue weighted by molar-refractivity contribution is -0.137. The van der Waals surface area contributed by atoms with Crippen LogP contribution in [-0.2, 0) is 6.18 Å². The highest BCUT2D eigenvalue weighted by Crippen LogP contribution is 2.32. The second-order valence-corrected chi connectivity index (χ2v) is 4.29. The van der Waals surface area contributed by atoms with Gasteiger partial charge in [-0.1, -0.05) is 12.1 Å². The minimum absolute atomic E-state index is 0.448. The number of nitrogens with one attached hydrogen (secondary N) is 1. The van der Waals surface area contributed by atoms with E-state index in [1.807, 2.05) is 0 Å². The number of aryl methyl sites for hydroxylation is 1. The van der Waals surface area contributed by atoms with Crippen molar-refractivity contribution in [2.75, 3.05) is 11.9 Å². The molecule has 0 aliphatic carbocycles. The Labute approximate surface area is 114 Å². The average molecular weight is 281 g/mol. The molecule has 106 valence electrons. The summed E-state index contributed by atoms with van der Waals surface area (Å²) in [4.78, 5) is 4.09. The Morgan fingerprint density at radius 2 is 2.15 bits per heavy atom. The highest BCUT2D eigenvalue weighted by molar-refractivity contribution is 5.49.